The number of amides is 1. The molecule has 0 saturated heterocycles. The fraction of sp³-hybridized carbons (Fsp3) is 0.231. The van der Waals surface area contributed by atoms with E-state index in [4.69, 9.17) is 0 Å². The molecule has 0 aliphatic heterocycles. The van der Waals surface area contributed by atoms with E-state index in [1.807, 2.05) is 31.2 Å². The van der Waals surface area contributed by atoms with Crippen molar-refractivity contribution in [3.05, 3.63) is 44.0 Å². The van der Waals surface area contributed by atoms with Gasteiger partial charge in [-0.15, -0.1) is 11.3 Å². The van der Waals surface area contributed by atoms with Gasteiger partial charge in [-0.25, -0.2) is 4.98 Å². The Morgan fingerprint density at radius 2 is 2.06 bits per heavy atom. The van der Waals surface area contributed by atoms with Crippen LogP contribution < -0.4 is 5.32 Å². The average molecular weight is 372 g/mol. The molecule has 2 rings (SSSR count). The van der Waals surface area contributed by atoms with Gasteiger partial charge in [0.2, 0.25) is 0 Å². The van der Waals surface area contributed by atoms with Crippen LogP contribution in [0.5, 0.6) is 0 Å². The molecule has 1 heterocycles. The molecule has 0 aliphatic carbocycles. The third kappa shape index (κ3) is 3.08. The number of halogens is 1. The number of nitrogens with zero attached hydrogens (tertiary/aromatic N) is 1. The smallest absolute Gasteiger partial charge is 0.257 e. The standard InChI is InChI=1S/C13H13IN2OS/c1-3-11-8(2)18-13(15-11)16-12(17)9-4-6-10(14)7-5-9/h4-7H,3H2,1-2H3,(H,15,16,17). The predicted molar refractivity (Wildman–Crippen MR) is 83.3 cm³/mol. The van der Waals surface area contributed by atoms with Gasteiger partial charge in [0.05, 0.1) is 5.69 Å². The van der Waals surface area contributed by atoms with Gasteiger partial charge in [0.15, 0.2) is 5.13 Å². The highest BCUT2D eigenvalue weighted by Gasteiger charge is 2.10. The van der Waals surface area contributed by atoms with E-state index in [9.17, 15) is 4.79 Å². The van der Waals surface area contributed by atoms with E-state index in [1.54, 1.807) is 0 Å². The highest BCUT2D eigenvalue weighted by Crippen LogP contribution is 2.22. The number of rotatable bonds is 3. The highest BCUT2D eigenvalue weighted by atomic mass is 127. The molecule has 1 amide bonds. The number of hydrogen-bond acceptors (Lipinski definition) is 3. The molecule has 0 fully saturated rings. The van der Waals surface area contributed by atoms with Crippen molar-refractivity contribution in [2.45, 2.75) is 20.3 Å². The maximum Gasteiger partial charge on any atom is 0.257 e. The van der Waals surface area contributed by atoms with Crippen molar-refractivity contribution >= 4 is 45.0 Å². The second kappa shape index (κ2) is 5.79. The van der Waals surface area contributed by atoms with Crippen LogP contribution in [0.15, 0.2) is 24.3 Å². The molecule has 0 radical (unpaired) electrons. The van der Waals surface area contributed by atoms with Crippen molar-refractivity contribution < 1.29 is 4.79 Å². The van der Waals surface area contributed by atoms with Crippen molar-refractivity contribution in [2.24, 2.45) is 0 Å². The van der Waals surface area contributed by atoms with Gasteiger partial charge < -0.3 is 0 Å². The SMILES string of the molecule is CCc1nc(NC(=O)c2ccc(I)cc2)sc1C. The number of carbonyl (C=O) groups excluding carboxylic acids is 1. The van der Waals surface area contributed by atoms with Crippen molar-refractivity contribution in [2.75, 3.05) is 5.32 Å². The van der Waals surface area contributed by atoms with Crippen molar-refractivity contribution in [1.29, 1.82) is 0 Å². The van der Waals surface area contributed by atoms with Crippen LogP contribution in [0.2, 0.25) is 0 Å². The number of aryl methyl sites for hydroxylation is 2. The molecule has 1 aromatic heterocycles. The molecule has 1 aromatic carbocycles. The van der Waals surface area contributed by atoms with Crippen LogP contribution in [-0.4, -0.2) is 10.9 Å². The lowest BCUT2D eigenvalue weighted by Gasteiger charge is -2.01. The quantitative estimate of drug-likeness (QED) is 0.832. The second-order valence-corrected chi connectivity index (χ2v) is 6.29. The Labute approximate surface area is 124 Å². The van der Waals surface area contributed by atoms with Gasteiger partial charge in [-0.2, -0.15) is 0 Å². The molecular weight excluding hydrogens is 359 g/mol. The Balaban J connectivity index is 2.13. The van der Waals surface area contributed by atoms with E-state index in [1.165, 1.54) is 11.3 Å². The first-order chi connectivity index (χ1) is 8.60. The highest BCUT2D eigenvalue weighted by molar-refractivity contribution is 14.1. The normalized spacial score (nSPS) is 10.4. The molecule has 0 aliphatic rings. The van der Waals surface area contributed by atoms with Crippen LogP contribution in [0.4, 0.5) is 5.13 Å². The fourth-order valence-electron chi connectivity index (χ4n) is 1.58. The largest absolute Gasteiger partial charge is 0.298 e. The summed E-state index contributed by atoms with van der Waals surface area (Å²) in [5, 5.41) is 3.51. The monoisotopic (exact) mass is 372 g/mol. The summed E-state index contributed by atoms with van der Waals surface area (Å²) in [6.07, 6.45) is 0.891. The van der Waals surface area contributed by atoms with E-state index < -0.39 is 0 Å². The third-order valence-corrected chi connectivity index (χ3v) is 4.20. The number of carbonyl (C=O) groups is 1. The second-order valence-electron chi connectivity index (χ2n) is 3.84. The van der Waals surface area contributed by atoms with Crippen LogP contribution >= 0.6 is 33.9 Å². The summed E-state index contributed by atoms with van der Waals surface area (Å²) in [5.41, 5.74) is 1.71. The van der Waals surface area contributed by atoms with Crippen LogP contribution in [0.25, 0.3) is 0 Å². The minimum Gasteiger partial charge on any atom is -0.298 e. The summed E-state index contributed by atoms with van der Waals surface area (Å²) in [5.74, 6) is -0.109. The Kier molecular flexibility index (Phi) is 4.34. The molecule has 0 unspecified atom stereocenters. The first-order valence-electron chi connectivity index (χ1n) is 5.63. The maximum absolute atomic E-state index is 12.0. The summed E-state index contributed by atoms with van der Waals surface area (Å²) < 4.78 is 1.11. The van der Waals surface area contributed by atoms with E-state index >= 15 is 0 Å². The minimum absolute atomic E-state index is 0.109. The Hall–Kier alpha value is -0.950. The average Bonchev–Trinajstić information content (AvgIpc) is 2.70. The Morgan fingerprint density at radius 1 is 1.39 bits per heavy atom. The third-order valence-electron chi connectivity index (χ3n) is 2.55. The molecular formula is C13H13IN2OS. The summed E-state index contributed by atoms with van der Waals surface area (Å²) in [7, 11) is 0. The first-order valence-corrected chi connectivity index (χ1v) is 7.53. The molecule has 18 heavy (non-hydrogen) atoms. The maximum atomic E-state index is 12.0. The topological polar surface area (TPSA) is 42.0 Å². The molecule has 0 bridgehead atoms. The molecule has 2 aromatic rings. The Morgan fingerprint density at radius 3 is 2.61 bits per heavy atom. The summed E-state index contributed by atoms with van der Waals surface area (Å²) in [4.78, 5) is 17.5. The van der Waals surface area contributed by atoms with Gasteiger partial charge in [0, 0.05) is 14.0 Å². The molecule has 94 valence electrons. The Bertz CT molecular complexity index is 563. The molecule has 3 nitrogen and oxygen atoms in total. The summed E-state index contributed by atoms with van der Waals surface area (Å²) in [6, 6.07) is 7.47. The minimum atomic E-state index is -0.109. The van der Waals surface area contributed by atoms with Gasteiger partial charge in [0.25, 0.3) is 5.91 Å². The molecule has 0 atom stereocenters. The van der Waals surface area contributed by atoms with Gasteiger partial charge in [-0.3, -0.25) is 10.1 Å². The number of thiazole rings is 1. The van der Waals surface area contributed by atoms with Gasteiger partial charge in [-0.05, 0) is 60.2 Å². The van der Waals surface area contributed by atoms with Crippen LogP contribution in [0, 0.1) is 10.5 Å². The number of nitrogens with one attached hydrogen (secondary N) is 1. The van der Waals surface area contributed by atoms with Crippen molar-refractivity contribution in [1.82, 2.24) is 4.98 Å². The van der Waals surface area contributed by atoms with Gasteiger partial charge in [0.1, 0.15) is 0 Å². The van der Waals surface area contributed by atoms with Crippen molar-refractivity contribution in [3.8, 4) is 0 Å². The lowest BCUT2D eigenvalue weighted by molar-refractivity contribution is 0.102. The summed E-state index contributed by atoms with van der Waals surface area (Å²) in [6.45, 7) is 4.09. The van der Waals surface area contributed by atoms with Crippen molar-refractivity contribution in [3.63, 3.8) is 0 Å². The van der Waals surface area contributed by atoms with Gasteiger partial charge >= 0.3 is 0 Å². The molecule has 1 N–H and O–H groups in total. The first kappa shape index (κ1) is 13.5. The number of hydrogen-bond donors (Lipinski definition) is 1. The predicted octanol–water partition coefficient (Wildman–Crippen LogP) is 3.87. The van der Waals surface area contributed by atoms with E-state index in [-0.39, 0.29) is 5.91 Å². The van der Waals surface area contributed by atoms with E-state index in [0.717, 1.165) is 20.6 Å². The fourth-order valence-corrected chi connectivity index (χ4v) is 2.84. The summed E-state index contributed by atoms with van der Waals surface area (Å²) >= 11 is 3.73. The van der Waals surface area contributed by atoms with Gasteiger partial charge in [-0.1, -0.05) is 6.92 Å². The zero-order chi connectivity index (χ0) is 13.1. The van der Waals surface area contributed by atoms with E-state index in [2.05, 4.69) is 39.8 Å². The van der Waals surface area contributed by atoms with E-state index in [0.29, 0.717) is 10.7 Å². The molecule has 0 spiro atoms. The molecule has 0 saturated carbocycles. The van der Waals surface area contributed by atoms with Crippen LogP contribution in [0.3, 0.4) is 0 Å². The number of benzene rings is 1. The number of anilines is 1. The zero-order valence-electron chi connectivity index (χ0n) is 10.2. The zero-order valence-corrected chi connectivity index (χ0v) is 13.1. The lowest BCUT2D eigenvalue weighted by Crippen LogP contribution is -2.11. The number of aromatic nitrogens is 1. The molecule has 5 heteroatoms. The van der Waals surface area contributed by atoms with Crippen LogP contribution in [-0.2, 0) is 6.42 Å². The lowest BCUT2D eigenvalue weighted by atomic mass is 10.2. The van der Waals surface area contributed by atoms with Crippen LogP contribution in [0.1, 0.15) is 27.9 Å².